The van der Waals surface area contributed by atoms with Gasteiger partial charge in [0.25, 0.3) is 0 Å². The van der Waals surface area contributed by atoms with Gasteiger partial charge in [0.05, 0.1) is 18.6 Å². The van der Waals surface area contributed by atoms with Gasteiger partial charge in [0.1, 0.15) is 5.75 Å². The fourth-order valence-electron chi connectivity index (χ4n) is 2.16. The van der Waals surface area contributed by atoms with Crippen LogP contribution in [-0.2, 0) is 6.54 Å². The summed E-state index contributed by atoms with van der Waals surface area (Å²) in [4.78, 5) is 6.83. The normalized spacial score (nSPS) is 11.1. The summed E-state index contributed by atoms with van der Waals surface area (Å²) in [6, 6.07) is 3.89. The smallest absolute Gasteiger partial charge is 0.122 e. The van der Waals surface area contributed by atoms with E-state index in [0.29, 0.717) is 12.3 Å². The predicted octanol–water partition coefficient (Wildman–Crippen LogP) is 2.18. The zero-order valence-electron chi connectivity index (χ0n) is 12.9. The minimum absolute atomic E-state index is 0.230. The molecule has 0 fully saturated rings. The SMILES string of the molecule is COc1cc(C)nc(CN(CCC(=N)N)CC(C)C)c1. The summed E-state index contributed by atoms with van der Waals surface area (Å²) in [5.74, 6) is 1.63. The molecular formula is C15H26N4O. The lowest BCUT2D eigenvalue weighted by molar-refractivity contribution is 0.239. The zero-order chi connectivity index (χ0) is 15.1. The van der Waals surface area contributed by atoms with E-state index in [1.54, 1.807) is 7.11 Å². The highest BCUT2D eigenvalue weighted by Crippen LogP contribution is 2.15. The summed E-state index contributed by atoms with van der Waals surface area (Å²) in [6.07, 6.45) is 0.593. The zero-order valence-corrected chi connectivity index (χ0v) is 12.9. The third-order valence-corrected chi connectivity index (χ3v) is 2.92. The van der Waals surface area contributed by atoms with Crippen molar-refractivity contribution in [3.8, 4) is 5.75 Å². The van der Waals surface area contributed by atoms with Crippen molar-refractivity contribution in [3.05, 3.63) is 23.5 Å². The third kappa shape index (κ3) is 6.02. The lowest BCUT2D eigenvalue weighted by Crippen LogP contribution is -2.31. The largest absolute Gasteiger partial charge is 0.497 e. The van der Waals surface area contributed by atoms with Crippen molar-refractivity contribution in [3.63, 3.8) is 0 Å². The monoisotopic (exact) mass is 278 g/mol. The summed E-state index contributed by atoms with van der Waals surface area (Å²) in [6.45, 7) is 8.84. The molecule has 0 unspecified atom stereocenters. The Kier molecular flexibility index (Phi) is 6.45. The van der Waals surface area contributed by atoms with Gasteiger partial charge in [-0.3, -0.25) is 15.3 Å². The molecule has 1 aromatic rings. The van der Waals surface area contributed by atoms with Gasteiger partial charge in [-0.25, -0.2) is 0 Å². The van der Waals surface area contributed by atoms with Gasteiger partial charge in [0.2, 0.25) is 0 Å². The number of amidine groups is 1. The Hall–Kier alpha value is -1.62. The van der Waals surface area contributed by atoms with Crippen molar-refractivity contribution in [2.45, 2.75) is 33.7 Å². The van der Waals surface area contributed by atoms with Gasteiger partial charge in [-0.1, -0.05) is 13.8 Å². The van der Waals surface area contributed by atoms with Crippen LogP contribution in [0.25, 0.3) is 0 Å². The van der Waals surface area contributed by atoms with Gasteiger partial charge < -0.3 is 10.5 Å². The van der Waals surface area contributed by atoms with E-state index in [0.717, 1.165) is 36.8 Å². The van der Waals surface area contributed by atoms with E-state index in [9.17, 15) is 0 Å². The summed E-state index contributed by atoms with van der Waals surface area (Å²) in [5, 5.41) is 7.36. The molecular weight excluding hydrogens is 252 g/mol. The topological polar surface area (TPSA) is 75.2 Å². The van der Waals surface area contributed by atoms with E-state index in [1.807, 2.05) is 19.1 Å². The highest BCUT2D eigenvalue weighted by Gasteiger charge is 2.11. The fraction of sp³-hybridized carbons (Fsp3) is 0.600. The molecule has 0 spiro atoms. The summed E-state index contributed by atoms with van der Waals surface area (Å²) in [7, 11) is 1.67. The molecule has 112 valence electrons. The van der Waals surface area contributed by atoms with E-state index in [1.165, 1.54) is 0 Å². The van der Waals surface area contributed by atoms with E-state index in [4.69, 9.17) is 15.9 Å². The highest BCUT2D eigenvalue weighted by atomic mass is 16.5. The number of ether oxygens (including phenoxy) is 1. The first-order chi connectivity index (χ1) is 9.40. The maximum absolute atomic E-state index is 7.36. The quantitative estimate of drug-likeness (QED) is 0.564. The minimum atomic E-state index is 0.230. The van der Waals surface area contributed by atoms with Crippen LogP contribution >= 0.6 is 0 Å². The van der Waals surface area contributed by atoms with Crippen molar-refractivity contribution in [2.75, 3.05) is 20.2 Å². The van der Waals surface area contributed by atoms with Gasteiger partial charge in [-0.15, -0.1) is 0 Å². The molecule has 0 aliphatic carbocycles. The predicted molar refractivity (Wildman–Crippen MR) is 82.2 cm³/mol. The highest BCUT2D eigenvalue weighted by molar-refractivity contribution is 5.76. The Balaban J connectivity index is 2.76. The molecule has 1 rings (SSSR count). The standard InChI is InChI=1S/C15H26N4O/c1-11(2)9-19(6-5-15(16)17)10-13-8-14(20-4)7-12(3)18-13/h7-8,11H,5-6,9-10H2,1-4H3,(H3,16,17). The van der Waals surface area contributed by atoms with Gasteiger partial charge >= 0.3 is 0 Å². The summed E-state index contributed by atoms with van der Waals surface area (Å²) < 4.78 is 5.28. The molecule has 0 amide bonds. The third-order valence-electron chi connectivity index (χ3n) is 2.92. The number of nitrogens with two attached hydrogens (primary N) is 1. The average molecular weight is 278 g/mol. The lowest BCUT2D eigenvalue weighted by atomic mass is 10.2. The molecule has 20 heavy (non-hydrogen) atoms. The molecule has 0 aliphatic heterocycles. The van der Waals surface area contributed by atoms with Crippen LogP contribution in [0.5, 0.6) is 5.75 Å². The van der Waals surface area contributed by atoms with Crippen LogP contribution < -0.4 is 10.5 Å². The van der Waals surface area contributed by atoms with Crippen molar-refractivity contribution < 1.29 is 4.74 Å². The number of nitrogens with zero attached hydrogens (tertiary/aromatic N) is 2. The number of pyridine rings is 1. The van der Waals surface area contributed by atoms with Crippen LogP contribution in [0.1, 0.15) is 31.7 Å². The Bertz CT molecular complexity index is 445. The average Bonchev–Trinajstić information content (AvgIpc) is 2.34. The van der Waals surface area contributed by atoms with E-state index < -0.39 is 0 Å². The van der Waals surface area contributed by atoms with Crippen LogP contribution in [0.2, 0.25) is 0 Å². The molecule has 1 heterocycles. The lowest BCUT2D eigenvalue weighted by Gasteiger charge is -2.24. The maximum atomic E-state index is 7.36. The van der Waals surface area contributed by atoms with Crippen LogP contribution in [-0.4, -0.2) is 35.9 Å². The summed E-state index contributed by atoms with van der Waals surface area (Å²) in [5.41, 5.74) is 7.40. The van der Waals surface area contributed by atoms with Gasteiger partial charge in [0.15, 0.2) is 0 Å². The second kappa shape index (κ2) is 7.85. The number of nitrogens with one attached hydrogen (secondary N) is 1. The molecule has 0 radical (unpaired) electrons. The van der Waals surface area contributed by atoms with Crippen LogP contribution in [0.4, 0.5) is 0 Å². The first-order valence-electron chi connectivity index (χ1n) is 6.97. The van der Waals surface area contributed by atoms with E-state index in [2.05, 4.69) is 23.7 Å². The Labute approximate surface area is 121 Å². The molecule has 5 heteroatoms. The Morgan fingerprint density at radius 3 is 2.70 bits per heavy atom. The molecule has 3 N–H and O–H groups in total. The minimum Gasteiger partial charge on any atom is -0.497 e. The van der Waals surface area contributed by atoms with Crippen molar-refractivity contribution in [1.82, 2.24) is 9.88 Å². The summed E-state index contributed by atoms with van der Waals surface area (Å²) >= 11 is 0. The first-order valence-corrected chi connectivity index (χ1v) is 6.97. The number of hydrogen-bond donors (Lipinski definition) is 2. The van der Waals surface area contributed by atoms with Crippen molar-refractivity contribution >= 4 is 5.84 Å². The van der Waals surface area contributed by atoms with E-state index in [-0.39, 0.29) is 5.84 Å². The molecule has 0 atom stereocenters. The first kappa shape index (κ1) is 16.4. The van der Waals surface area contributed by atoms with Gasteiger partial charge in [-0.2, -0.15) is 0 Å². The van der Waals surface area contributed by atoms with Gasteiger partial charge in [0, 0.05) is 43.9 Å². The van der Waals surface area contributed by atoms with Gasteiger partial charge in [-0.05, 0) is 12.8 Å². The molecule has 5 nitrogen and oxygen atoms in total. The van der Waals surface area contributed by atoms with Crippen molar-refractivity contribution in [2.24, 2.45) is 11.7 Å². The van der Waals surface area contributed by atoms with Crippen molar-refractivity contribution in [1.29, 1.82) is 5.41 Å². The number of rotatable bonds is 8. The molecule has 0 saturated heterocycles. The second-order valence-electron chi connectivity index (χ2n) is 5.54. The Morgan fingerprint density at radius 1 is 1.45 bits per heavy atom. The van der Waals surface area contributed by atoms with E-state index >= 15 is 0 Å². The van der Waals surface area contributed by atoms with Crippen LogP contribution in [0, 0.1) is 18.3 Å². The molecule has 0 aromatic carbocycles. The number of aryl methyl sites for hydroxylation is 1. The molecule has 0 saturated carbocycles. The maximum Gasteiger partial charge on any atom is 0.122 e. The fourth-order valence-corrected chi connectivity index (χ4v) is 2.16. The number of aromatic nitrogens is 1. The molecule has 1 aromatic heterocycles. The number of methoxy groups -OCH3 is 1. The molecule has 0 aliphatic rings. The van der Waals surface area contributed by atoms with Crippen LogP contribution in [0.3, 0.4) is 0 Å². The molecule has 0 bridgehead atoms. The second-order valence-corrected chi connectivity index (χ2v) is 5.54. The van der Waals surface area contributed by atoms with Crippen LogP contribution in [0.15, 0.2) is 12.1 Å². The Morgan fingerprint density at radius 2 is 2.15 bits per heavy atom. The number of hydrogen-bond acceptors (Lipinski definition) is 4.